The van der Waals surface area contributed by atoms with Gasteiger partial charge in [0.15, 0.2) is 0 Å². The molecular weight excluding hydrogens is 350 g/mol. The summed E-state index contributed by atoms with van der Waals surface area (Å²) in [6.07, 6.45) is 1.88. The van der Waals surface area contributed by atoms with Crippen LogP contribution in [0.5, 0.6) is 0 Å². The number of benzene rings is 1. The van der Waals surface area contributed by atoms with Crippen LogP contribution >= 0.6 is 0 Å². The van der Waals surface area contributed by atoms with Gasteiger partial charge in [0, 0.05) is 39.3 Å². The van der Waals surface area contributed by atoms with Gasteiger partial charge in [-0.15, -0.1) is 0 Å². The Labute approximate surface area is 156 Å². The first-order chi connectivity index (χ1) is 12.4. The summed E-state index contributed by atoms with van der Waals surface area (Å²) >= 11 is 0. The molecule has 6 nitrogen and oxygen atoms in total. The Balaban J connectivity index is 1.57. The molecule has 0 aromatic heterocycles. The van der Waals surface area contributed by atoms with Gasteiger partial charge in [-0.1, -0.05) is 32.0 Å². The van der Waals surface area contributed by atoms with Gasteiger partial charge in [0.05, 0.1) is 10.9 Å². The first kappa shape index (κ1) is 19.3. The van der Waals surface area contributed by atoms with Crippen molar-refractivity contribution in [3.8, 4) is 0 Å². The van der Waals surface area contributed by atoms with Crippen molar-refractivity contribution in [2.24, 2.45) is 5.92 Å². The van der Waals surface area contributed by atoms with Crippen LogP contribution in [0, 0.1) is 5.92 Å². The molecule has 1 amide bonds. The highest BCUT2D eigenvalue weighted by Gasteiger charge is 2.38. The van der Waals surface area contributed by atoms with Crippen LogP contribution in [0.1, 0.15) is 26.7 Å². The second-order valence-electron chi connectivity index (χ2n) is 7.57. The zero-order valence-electron chi connectivity index (χ0n) is 15.7. The highest BCUT2D eigenvalue weighted by molar-refractivity contribution is 7.89. The molecule has 3 rings (SSSR count). The van der Waals surface area contributed by atoms with Crippen LogP contribution in [0.3, 0.4) is 0 Å². The van der Waals surface area contributed by atoms with Crippen LogP contribution in [0.4, 0.5) is 0 Å². The minimum atomic E-state index is -3.44. The van der Waals surface area contributed by atoms with Gasteiger partial charge >= 0.3 is 0 Å². The van der Waals surface area contributed by atoms with Crippen LogP contribution < -0.4 is 0 Å². The highest BCUT2D eigenvalue weighted by Crippen LogP contribution is 2.22. The molecule has 144 valence electrons. The smallest absolute Gasteiger partial charge is 0.243 e. The Bertz CT molecular complexity index is 713. The summed E-state index contributed by atoms with van der Waals surface area (Å²) in [6, 6.07) is 8.49. The van der Waals surface area contributed by atoms with Crippen LogP contribution in [0.25, 0.3) is 0 Å². The lowest BCUT2D eigenvalue weighted by molar-refractivity contribution is -0.132. The average Bonchev–Trinajstić information content (AvgIpc) is 3.01. The number of carbonyl (C=O) groups is 1. The number of nitrogens with zero attached hydrogens (tertiary/aromatic N) is 3. The summed E-state index contributed by atoms with van der Waals surface area (Å²) in [5, 5.41) is 0. The monoisotopic (exact) mass is 379 g/mol. The van der Waals surface area contributed by atoms with Crippen molar-refractivity contribution in [2.75, 3.05) is 39.3 Å². The van der Waals surface area contributed by atoms with E-state index >= 15 is 0 Å². The Morgan fingerprint density at radius 2 is 1.69 bits per heavy atom. The first-order valence-corrected chi connectivity index (χ1v) is 10.9. The van der Waals surface area contributed by atoms with E-state index in [4.69, 9.17) is 0 Å². The number of hydrogen-bond acceptors (Lipinski definition) is 4. The molecular formula is C19H29N3O3S. The summed E-state index contributed by atoms with van der Waals surface area (Å²) in [4.78, 5) is 17.1. The number of hydrogen-bond donors (Lipinski definition) is 0. The molecule has 1 unspecified atom stereocenters. The quantitative estimate of drug-likeness (QED) is 0.754. The number of carbonyl (C=O) groups excluding carboxylic acids is 1. The maximum atomic E-state index is 12.7. The molecule has 2 fully saturated rings. The molecule has 2 aliphatic rings. The van der Waals surface area contributed by atoms with Crippen molar-refractivity contribution in [1.29, 1.82) is 0 Å². The predicted molar refractivity (Wildman–Crippen MR) is 101 cm³/mol. The molecule has 0 radical (unpaired) electrons. The molecule has 2 saturated heterocycles. The van der Waals surface area contributed by atoms with Crippen molar-refractivity contribution in [2.45, 2.75) is 37.6 Å². The third kappa shape index (κ3) is 4.10. The van der Waals surface area contributed by atoms with E-state index in [1.54, 1.807) is 24.3 Å². The van der Waals surface area contributed by atoms with Gasteiger partial charge in [-0.3, -0.25) is 9.69 Å². The normalized spacial score (nSPS) is 23.1. The van der Waals surface area contributed by atoms with E-state index in [9.17, 15) is 13.2 Å². The Morgan fingerprint density at radius 1 is 1.04 bits per heavy atom. The molecule has 1 aromatic rings. The van der Waals surface area contributed by atoms with Gasteiger partial charge in [0.25, 0.3) is 0 Å². The van der Waals surface area contributed by atoms with E-state index in [2.05, 4.69) is 18.7 Å². The standard InChI is InChI=1S/C19H29N3O3S/c1-16(2)8-10-21-11-9-18(19(21)23)20-12-14-22(15-13-20)26(24,25)17-6-4-3-5-7-17/h3-7,16,18H,8-15H2,1-2H3. The minimum Gasteiger partial charge on any atom is -0.341 e. The van der Waals surface area contributed by atoms with Gasteiger partial charge in [-0.2, -0.15) is 4.31 Å². The summed E-state index contributed by atoms with van der Waals surface area (Å²) in [5.41, 5.74) is 0. The average molecular weight is 380 g/mol. The fourth-order valence-corrected chi connectivity index (χ4v) is 5.14. The van der Waals surface area contributed by atoms with Gasteiger partial charge in [-0.05, 0) is 30.9 Å². The Kier molecular flexibility index (Phi) is 5.99. The maximum Gasteiger partial charge on any atom is 0.243 e. The summed E-state index contributed by atoms with van der Waals surface area (Å²) in [5.74, 6) is 0.804. The van der Waals surface area contributed by atoms with E-state index in [-0.39, 0.29) is 11.9 Å². The molecule has 0 saturated carbocycles. The lowest BCUT2D eigenvalue weighted by atomic mass is 10.1. The number of likely N-dealkylation sites (tertiary alicyclic amines) is 1. The summed E-state index contributed by atoms with van der Waals surface area (Å²) in [6.45, 7) is 8.09. The van der Waals surface area contributed by atoms with Crippen molar-refractivity contribution in [3.05, 3.63) is 30.3 Å². The van der Waals surface area contributed by atoms with Gasteiger partial charge in [0.2, 0.25) is 15.9 Å². The van der Waals surface area contributed by atoms with E-state index in [1.807, 2.05) is 11.0 Å². The highest BCUT2D eigenvalue weighted by atomic mass is 32.2. The van der Waals surface area contributed by atoms with Crippen LogP contribution in [-0.2, 0) is 14.8 Å². The van der Waals surface area contributed by atoms with E-state index in [0.29, 0.717) is 37.0 Å². The Hall–Kier alpha value is -1.44. The van der Waals surface area contributed by atoms with Crippen molar-refractivity contribution in [3.63, 3.8) is 0 Å². The zero-order valence-corrected chi connectivity index (χ0v) is 16.5. The van der Waals surface area contributed by atoms with Gasteiger partial charge < -0.3 is 4.90 Å². The molecule has 0 N–H and O–H groups in total. The maximum absolute atomic E-state index is 12.7. The van der Waals surface area contributed by atoms with E-state index in [1.165, 1.54) is 4.31 Å². The number of sulfonamides is 1. The fraction of sp³-hybridized carbons (Fsp3) is 0.632. The SMILES string of the molecule is CC(C)CCN1CCC(N2CCN(S(=O)(=O)c3ccccc3)CC2)C1=O. The third-order valence-corrected chi connectivity index (χ3v) is 7.25. The van der Waals surface area contributed by atoms with Crippen LogP contribution in [-0.4, -0.2) is 73.7 Å². The molecule has 7 heteroatoms. The van der Waals surface area contributed by atoms with Crippen molar-refractivity contribution in [1.82, 2.24) is 14.1 Å². The van der Waals surface area contributed by atoms with Crippen molar-refractivity contribution < 1.29 is 13.2 Å². The topological polar surface area (TPSA) is 60.9 Å². The number of rotatable bonds is 6. The Morgan fingerprint density at radius 3 is 2.31 bits per heavy atom. The van der Waals surface area contributed by atoms with E-state index < -0.39 is 10.0 Å². The van der Waals surface area contributed by atoms with Crippen LogP contribution in [0.2, 0.25) is 0 Å². The van der Waals surface area contributed by atoms with Crippen LogP contribution in [0.15, 0.2) is 35.2 Å². The fourth-order valence-electron chi connectivity index (χ4n) is 3.69. The van der Waals surface area contributed by atoms with Gasteiger partial charge in [0.1, 0.15) is 0 Å². The lowest BCUT2D eigenvalue weighted by Gasteiger charge is -2.36. The molecule has 2 aliphatic heterocycles. The summed E-state index contributed by atoms with van der Waals surface area (Å²) in [7, 11) is -3.44. The minimum absolute atomic E-state index is 0.0799. The third-order valence-electron chi connectivity index (χ3n) is 5.34. The van der Waals surface area contributed by atoms with Gasteiger partial charge in [-0.25, -0.2) is 8.42 Å². The molecule has 1 aromatic carbocycles. The molecule has 0 spiro atoms. The summed E-state index contributed by atoms with van der Waals surface area (Å²) < 4.78 is 27.0. The lowest BCUT2D eigenvalue weighted by Crippen LogP contribution is -2.53. The van der Waals surface area contributed by atoms with Crippen molar-refractivity contribution >= 4 is 15.9 Å². The first-order valence-electron chi connectivity index (χ1n) is 9.47. The predicted octanol–water partition coefficient (Wildman–Crippen LogP) is 1.64. The van der Waals surface area contributed by atoms with E-state index in [0.717, 1.165) is 25.9 Å². The molecule has 26 heavy (non-hydrogen) atoms. The molecule has 2 heterocycles. The second kappa shape index (κ2) is 8.06. The molecule has 0 aliphatic carbocycles. The zero-order chi connectivity index (χ0) is 18.7. The largest absolute Gasteiger partial charge is 0.341 e. The molecule has 0 bridgehead atoms. The number of amides is 1. The number of piperazine rings is 1. The molecule has 1 atom stereocenters. The second-order valence-corrected chi connectivity index (χ2v) is 9.50.